The van der Waals surface area contributed by atoms with Gasteiger partial charge in [-0.15, -0.1) is 0 Å². The molecule has 0 aromatic heterocycles. The Kier molecular flexibility index (Phi) is 6.64. The standard InChI is InChI=1S/C25H35N5O3/c31-23-6-5-22(24(32)28-23)27-20-3-1-17(2-4-20)18-7-11-29(12-8-18)21-15-19(16-21)25(33)30-13-9-26-10-14-30/h1-4,18-19,21-22,26-27H,5-16H2,(H,28,31,32). The lowest BCUT2D eigenvalue weighted by molar-refractivity contribution is -0.141. The molecule has 1 aromatic rings. The van der Waals surface area contributed by atoms with Crippen LogP contribution in [0.1, 0.15) is 50.0 Å². The van der Waals surface area contributed by atoms with Crippen LogP contribution in [0, 0.1) is 5.92 Å². The summed E-state index contributed by atoms with van der Waals surface area (Å²) in [5.74, 6) is 0.729. The Morgan fingerprint density at radius 2 is 1.64 bits per heavy atom. The maximum absolute atomic E-state index is 12.7. The van der Waals surface area contributed by atoms with E-state index in [4.69, 9.17) is 0 Å². The lowest BCUT2D eigenvalue weighted by Crippen LogP contribution is -2.55. The van der Waals surface area contributed by atoms with Gasteiger partial charge in [0.15, 0.2) is 0 Å². The summed E-state index contributed by atoms with van der Waals surface area (Å²) in [6.45, 7) is 5.74. The normalized spacial score (nSPS) is 29.3. The van der Waals surface area contributed by atoms with E-state index in [0.717, 1.165) is 70.6 Å². The zero-order valence-corrected chi connectivity index (χ0v) is 19.2. The number of carbonyl (C=O) groups is 3. The van der Waals surface area contributed by atoms with E-state index in [1.54, 1.807) is 0 Å². The van der Waals surface area contributed by atoms with Crippen LogP contribution >= 0.6 is 0 Å². The van der Waals surface area contributed by atoms with Crippen LogP contribution in [0.2, 0.25) is 0 Å². The van der Waals surface area contributed by atoms with Crippen LogP contribution in [-0.2, 0) is 14.4 Å². The Bertz CT molecular complexity index is 869. The first-order valence-electron chi connectivity index (χ1n) is 12.5. The van der Waals surface area contributed by atoms with Crippen LogP contribution in [-0.4, -0.2) is 78.9 Å². The summed E-state index contributed by atoms with van der Waals surface area (Å²) in [6.07, 6.45) is 5.25. The molecule has 1 atom stereocenters. The van der Waals surface area contributed by atoms with Crippen LogP contribution < -0.4 is 16.0 Å². The predicted octanol–water partition coefficient (Wildman–Crippen LogP) is 1.29. The molecule has 3 aliphatic heterocycles. The molecule has 0 radical (unpaired) electrons. The lowest BCUT2D eigenvalue weighted by atomic mass is 9.77. The highest BCUT2D eigenvalue weighted by atomic mass is 16.2. The smallest absolute Gasteiger partial charge is 0.249 e. The monoisotopic (exact) mass is 453 g/mol. The van der Waals surface area contributed by atoms with Gasteiger partial charge in [-0.2, -0.15) is 0 Å². The minimum atomic E-state index is -0.346. The number of imide groups is 1. The Balaban J connectivity index is 1.06. The van der Waals surface area contributed by atoms with Crippen molar-refractivity contribution in [2.24, 2.45) is 5.92 Å². The third-order valence-corrected chi connectivity index (χ3v) is 7.90. The Morgan fingerprint density at radius 3 is 2.30 bits per heavy atom. The van der Waals surface area contributed by atoms with Gasteiger partial charge >= 0.3 is 0 Å². The molecule has 4 fully saturated rings. The number of anilines is 1. The van der Waals surface area contributed by atoms with Gasteiger partial charge in [0, 0.05) is 50.2 Å². The summed E-state index contributed by atoms with van der Waals surface area (Å²) >= 11 is 0. The highest BCUT2D eigenvalue weighted by Gasteiger charge is 2.40. The molecule has 3 amide bonds. The predicted molar refractivity (Wildman–Crippen MR) is 126 cm³/mol. The zero-order valence-electron chi connectivity index (χ0n) is 19.2. The summed E-state index contributed by atoms with van der Waals surface area (Å²) < 4.78 is 0. The average molecular weight is 454 g/mol. The third-order valence-electron chi connectivity index (χ3n) is 7.90. The fourth-order valence-electron chi connectivity index (χ4n) is 5.71. The second-order valence-corrected chi connectivity index (χ2v) is 9.98. The van der Waals surface area contributed by atoms with Crippen molar-refractivity contribution in [2.45, 2.75) is 56.5 Å². The van der Waals surface area contributed by atoms with Crippen molar-refractivity contribution >= 4 is 23.4 Å². The van der Waals surface area contributed by atoms with Crippen LogP contribution in [0.15, 0.2) is 24.3 Å². The van der Waals surface area contributed by atoms with Crippen molar-refractivity contribution in [2.75, 3.05) is 44.6 Å². The first kappa shape index (κ1) is 22.3. The van der Waals surface area contributed by atoms with Crippen LogP contribution in [0.5, 0.6) is 0 Å². The molecule has 3 N–H and O–H groups in total. The van der Waals surface area contributed by atoms with Gasteiger partial charge in [0.25, 0.3) is 0 Å². The molecular weight excluding hydrogens is 418 g/mol. The molecule has 8 heteroatoms. The molecule has 178 valence electrons. The first-order valence-corrected chi connectivity index (χ1v) is 12.5. The number of piperazine rings is 1. The van der Waals surface area contributed by atoms with Gasteiger partial charge in [0.2, 0.25) is 17.7 Å². The number of piperidine rings is 2. The van der Waals surface area contributed by atoms with Crippen LogP contribution in [0.3, 0.4) is 0 Å². The van der Waals surface area contributed by atoms with Crippen molar-refractivity contribution in [3.05, 3.63) is 29.8 Å². The van der Waals surface area contributed by atoms with Crippen molar-refractivity contribution in [1.82, 2.24) is 20.4 Å². The van der Waals surface area contributed by atoms with E-state index < -0.39 is 0 Å². The van der Waals surface area contributed by atoms with E-state index in [1.807, 2.05) is 17.0 Å². The number of hydrogen-bond acceptors (Lipinski definition) is 6. The van der Waals surface area contributed by atoms with Gasteiger partial charge < -0.3 is 20.4 Å². The van der Waals surface area contributed by atoms with Gasteiger partial charge in [-0.3, -0.25) is 19.7 Å². The number of nitrogens with one attached hydrogen (secondary N) is 3. The molecule has 0 spiro atoms. The van der Waals surface area contributed by atoms with E-state index >= 15 is 0 Å². The first-order chi connectivity index (χ1) is 16.1. The molecule has 3 heterocycles. The number of carbonyl (C=O) groups excluding carboxylic acids is 3. The molecule has 4 aliphatic rings. The second-order valence-electron chi connectivity index (χ2n) is 9.98. The molecule has 1 saturated carbocycles. The van der Waals surface area contributed by atoms with E-state index in [-0.39, 0.29) is 23.8 Å². The van der Waals surface area contributed by atoms with Gasteiger partial charge in [-0.1, -0.05) is 12.1 Å². The van der Waals surface area contributed by atoms with Crippen molar-refractivity contribution in [3.63, 3.8) is 0 Å². The summed E-state index contributed by atoms with van der Waals surface area (Å²) in [5.41, 5.74) is 2.27. The highest BCUT2D eigenvalue weighted by molar-refractivity contribution is 6.01. The molecular formula is C25H35N5O3. The molecule has 3 saturated heterocycles. The SMILES string of the molecule is O=C1CCC(Nc2ccc(C3CCN(C4CC(C(=O)N5CCNCC5)C4)CC3)cc2)C(=O)N1. The van der Waals surface area contributed by atoms with Gasteiger partial charge in [0.05, 0.1) is 0 Å². The van der Waals surface area contributed by atoms with Crippen LogP contribution in [0.25, 0.3) is 0 Å². The number of hydrogen-bond donors (Lipinski definition) is 3. The quantitative estimate of drug-likeness (QED) is 0.582. The minimum Gasteiger partial charge on any atom is -0.374 e. The van der Waals surface area contributed by atoms with E-state index in [2.05, 4.69) is 33.0 Å². The minimum absolute atomic E-state index is 0.191. The third kappa shape index (κ3) is 5.06. The number of likely N-dealkylation sites (tertiary alicyclic amines) is 1. The number of nitrogens with zero attached hydrogens (tertiary/aromatic N) is 2. The second kappa shape index (κ2) is 9.81. The summed E-state index contributed by atoms with van der Waals surface area (Å²) in [5, 5.41) is 8.95. The van der Waals surface area contributed by atoms with Crippen molar-refractivity contribution in [3.8, 4) is 0 Å². The number of benzene rings is 1. The zero-order chi connectivity index (χ0) is 22.8. The maximum atomic E-state index is 12.7. The fourth-order valence-corrected chi connectivity index (χ4v) is 5.71. The van der Waals surface area contributed by atoms with Crippen molar-refractivity contribution < 1.29 is 14.4 Å². The van der Waals surface area contributed by atoms with Crippen molar-refractivity contribution in [1.29, 1.82) is 0 Å². The molecule has 33 heavy (non-hydrogen) atoms. The van der Waals surface area contributed by atoms with Gasteiger partial charge in [-0.25, -0.2) is 0 Å². The van der Waals surface area contributed by atoms with Gasteiger partial charge in [0.1, 0.15) is 6.04 Å². The number of rotatable bonds is 5. The Hall–Kier alpha value is -2.45. The molecule has 5 rings (SSSR count). The number of amides is 3. The van der Waals surface area contributed by atoms with E-state index in [0.29, 0.717) is 30.7 Å². The molecule has 1 aliphatic carbocycles. The lowest BCUT2D eigenvalue weighted by Gasteiger charge is -2.46. The van der Waals surface area contributed by atoms with E-state index in [1.165, 1.54) is 5.56 Å². The van der Waals surface area contributed by atoms with E-state index in [9.17, 15) is 14.4 Å². The Morgan fingerprint density at radius 1 is 0.939 bits per heavy atom. The summed E-state index contributed by atoms with van der Waals surface area (Å²) in [4.78, 5) is 40.6. The average Bonchev–Trinajstić information content (AvgIpc) is 2.81. The molecule has 0 bridgehead atoms. The summed E-state index contributed by atoms with van der Waals surface area (Å²) in [7, 11) is 0. The Labute approximate surface area is 195 Å². The molecule has 1 aromatic carbocycles. The fraction of sp³-hybridized carbons (Fsp3) is 0.640. The highest BCUT2D eigenvalue weighted by Crippen LogP contribution is 2.37. The largest absolute Gasteiger partial charge is 0.374 e. The molecule has 1 unspecified atom stereocenters. The summed E-state index contributed by atoms with van der Waals surface area (Å²) in [6, 6.07) is 8.65. The van der Waals surface area contributed by atoms with Gasteiger partial charge in [-0.05, 0) is 68.8 Å². The maximum Gasteiger partial charge on any atom is 0.249 e. The molecule has 8 nitrogen and oxygen atoms in total. The topological polar surface area (TPSA) is 93.8 Å². The van der Waals surface area contributed by atoms with Crippen LogP contribution in [0.4, 0.5) is 5.69 Å².